The summed E-state index contributed by atoms with van der Waals surface area (Å²) in [4.78, 5) is 38.4. The lowest BCUT2D eigenvalue weighted by atomic mass is 10.2. The number of hydrogen-bond acceptors (Lipinski definition) is 5. The van der Waals surface area contributed by atoms with Crippen LogP contribution in [0.5, 0.6) is 5.75 Å². The number of amides is 3. The van der Waals surface area contributed by atoms with Crippen molar-refractivity contribution in [3.05, 3.63) is 94.9 Å². The number of hydrogen-bond donors (Lipinski definition) is 2. The summed E-state index contributed by atoms with van der Waals surface area (Å²) < 4.78 is 19.3. The summed E-state index contributed by atoms with van der Waals surface area (Å²) in [5, 5.41) is 5.19. The molecule has 0 fully saturated rings. The highest BCUT2D eigenvalue weighted by molar-refractivity contribution is 6.53. The Morgan fingerprint density at radius 2 is 1.67 bits per heavy atom. The van der Waals surface area contributed by atoms with E-state index in [-0.39, 0.29) is 22.3 Å². The van der Waals surface area contributed by atoms with Gasteiger partial charge in [0.1, 0.15) is 22.3 Å². The molecular formula is C24H17ClFN3O4. The van der Waals surface area contributed by atoms with E-state index in [1.807, 2.05) is 0 Å². The van der Waals surface area contributed by atoms with Gasteiger partial charge in [-0.05, 0) is 48.5 Å². The lowest BCUT2D eigenvalue weighted by Gasteiger charge is -2.15. The molecule has 33 heavy (non-hydrogen) atoms. The average Bonchev–Trinajstić information content (AvgIpc) is 3.03. The molecule has 4 rings (SSSR count). The van der Waals surface area contributed by atoms with Crippen LogP contribution >= 0.6 is 11.6 Å². The summed E-state index contributed by atoms with van der Waals surface area (Å²) in [6.45, 7) is 0. The van der Waals surface area contributed by atoms with Crippen molar-refractivity contribution < 1.29 is 23.5 Å². The van der Waals surface area contributed by atoms with Crippen LogP contribution < -0.4 is 20.3 Å². The van der Waals surface area contributed by atoms with Crippen LogP contribution in [0.25, 0.3) is 0 Å². The number of carbonyl (C=O) groups is 3. The highest BCUT2D eigenvalue weighted by Crippen LogP contribution is 2.31. The zero-order chi connectivity index (χ0) is 23.5. The third-order valence-corrected chi connectivity index (χ3v) is 5.22. The van der Waals surface area contributed by atoms with Gasteiger partial charge in [0.25, 0.3) is 17.7 Å². The fourth-order valence-electron chi connectivity index (χ4n) is 3.22. The molecule has 3 amide bonds. The van der Waals surface area contributed by atoms with E-state index in [0.717, 1.165) is 6.07 Å². The third kappa shape index (κ3) is 4.42. The van der Waals surface area contributed by atoms with Gasteiger partial charge in [-0.3, -0.25) is 14.4 Å². The van der Waals surface area contributed by atoms with E-state index < -0.39 is 17.6 Å². The number of anilines is 3. The molecule has 1 aliphatic heterocycles. The van der Waals surface area contributed by atoms with E-state index in [2.05, 4.69) is 10.6 Å². The zero-order valence-corrected chi connectivity index (χ0v) is 18.0. The van der Waals surface area contributed by atoms with E-state index in [4.69, 9.17) is 16.3 Å². The Hall–Kier alpha value is -4.17. The molecule has 9 heteroatoms. The van der Waals surface area contributed by atoms with Crippen molar-refractivity contribution >= 4 is 46.4 Å². The lowest BCUT2D eigenvalue weighted by Crippen LogP contribution is -2.33. The molecule has 3 aromatic carbocycles. The summed E-state index contributed by atoms with van der Waals surface area (Å²) in [6, 6.07) is 18.5. The van der Waals surface area contributed by atoms with Gasteiger partial charge in [-0.1, -0.05) is 29.8 Å². The molecule has 166 valence electrons. The number of nitrogens with zero attached hydrogens (tertiary/aromatic N) is 1. The average molecular weight is 466 g/mol. The Bertz CT molecular complexity index is 1290. The second kappa shape index (κ2) is 9.13. The summed E-state index contributed by atoms with van der Waals surface area (Å²) in [7, 11) is 1.53. The first-order chi connectivity index (χ1) is 15.9. The fraction of sp³-hybridized carbons (Fsp3) is 0.0417. The Balaban J connectivity index is 1.48. The van der Waals surface area contributed by atoms with E-state index in [1.165, 1.54) is 25.3 Å². The number of imide groups is 1. The summed E-state index contributed by atoms with van der Waals surface area (Å²) >= 11 is 6.08. The van der Waals surface area contributed by atoms with E-state index >= 15 is 0 Å². The van der Waals surface area contributed by atoms with Gasteiger partial charge in [0.15, 0.2) is 0 Å². The monoisotopic (exact) mass is 465 g/mol. The molecule has 0 bridgehead atoms. The SMILES string of the molecule is COc1cccc(NC(=O)c2ccc(NC3=C(Cl)C(=O)N(c4ccccc4F)C3=O)cc2)c1. The van der Waals surface area contributed by atoms with Crippen LogP contribution in [0.1, 0.15) is 10.4 Å². The summed E-state index contributed by atoms with van der Waals surface area (Å²) in [6.07, 6.45) is 0. The van der Waals surface area contributed by atoms with Crippen molar-refractivity contribution in [2.24, 2.45) is 0 Å². The first kappa shape index (κ1) is 22.0. The summed E-state index contributed by atoms with van der Waals surface area (Å²) in [5.74, 6) is -2.07. The van der Waals surface area contributed by atoms with Crippen LogP contribution in [-0.4, -0.2) is 24.8 Å². The molecule has 0 aromatic heterocycles. The minimum absolute atomic E-state index is 0.182. The number of nitrogens with one attached hydrogen (secondary N) is 2. The third-order valence-electron chi connectivity index (χ3n) is 4.86. The van der Waals surface area contributed by atoms with Crippen LogP contribution in [0.15, 0.2) is 83.5 Å². The maximum Gasteiger partial charge on any atom is 0.283 e. The van der Waals surface area contributed by atoms with Crippen molar-refractivity contribution in [2.45, 2.75) is 0 Å². The smallest absolute Gasteiger partial charge is 0.283 e. The van der Waals surface area contributed by atoms with Gasteiger partial charge in [0.2, 0.25) is 0 Å². The van der Waals surface area contributed by atoms with Gasteiger partial charge >= 0.3 is 0 Å². The van der Waals surface area contributed by atoms with Gasteiger partial charge in [0, 0.05) is 23.0 Å². The molecule has 7 nitrogen and oxygen atoms in total. The number of carbonyl (C=O) groups excluding carboxylic acids is 3. The van der Waals surface area contributed by atoms with Gasteiger partial charge in [-0.2, -0.15) is 0 Å². The van der Waals surface area contributed by atoms with Crippen molar-refractivity contribution in [3.63, 3.8) is 0 Å². The topological polar surface area (TPSA) is 87.7 Å². The quantitative estimate of drug-likeness (QED) is 0.522. The van der Waals surface area contributed by atoms with Crippen LogP contribution in [0.3, 0.4) is 0 Å². The van der Waals surface area contributed by atoms with Crippen LogP contribution in [0, 0.1) is 5.82 Å². The molecule has 0 radical (unpaired) electrons. The van der Waals surface area contributed by atoms with Gasteiger partial charge in [0.05, 0.1) is 12.8 Å². The largest absolute Gasteiger partial charge is 0.497 e. The molecule has 3 aromatic rings. The van der Waals surface area contributed by atoms with Crippen LogP contribution in [-0.2, 0) is 9.59 Å². The molecule has 2 N–H and O–H groups in total. The van der Waals surface area contributed by atoms with Crippen molar-refractivity contribution in [3.8, 4) is 5.75 Å². The van der Waals surface area contributed by atoms with Crippen molar-refractivity contribution in [1.29, 1.82) is 0 Å². The molecule has 1 aliphatic rings. The summed E-state index contributed by atoms with van der Waals surface area (Å²) in [5.41, 5.74) is 0.982. The highest BCUT2D eigenvalue weighted by Gasteiger charge is 2.40. The second-order valence-electron chi connectivity index (χ2n) is 6.97. The minimum Gasteiger partial charge on any atom is -0.497 e. The Morgan fingerprint density at radius 3 is 2.36 bits per heavy atom. The molecular weight excluding hydrogens is 449 g/mol. The van der Waals surface area contributed by atoms with Crippen molar-refractivity contribution in [1.82, 2.24) is 0 Å². The van der Waals surface area contributed by atoms with E-state index in [0.29, 0.717) is 27.6 Å². The minimum atomic E-state index is -0.830. The number of rotatable bonds is 6. The van der Waals surface area contributed by atoms with Gasteiger partial charge < -0.3 is 15.4 Å². The maximum absolute atomic E-state index is 14.1. The Kier molecular flexibility index (Phi) is 6.10. The molecule has 0 aliphatic carbocycles. The first-order valence-electron chi connectivity index (χ1n) is 9.74. The molecule has 0 saturated carbocycles. The van der Waals surface area contributed by atoms with Gasteiger partial charge in [-0.25, -0.2) is 9.29 Å². The predicted molar refractivity (Wildman–Crippen MR) is 123 cm³/mol. The Labute approximate surface area is 193 Å². The highest BCUT2D eigenvalue weighted by atomic mass is 35.5. The number of methoxy groups -OCH3 is 1. The number of benzene rings is 3. The number of ether oxygens (including phenoxy) is 1. The number of para-hydroxylation sites is 1. The maximum atomic E-state index is 14.1. The van der Waals surface area contributed by atoms with Crippen LogP contribution in [0.4, 0.5) is 21.5 Å². The second-order valence-corrected chi connectivity index (χ2v) is 7.35. The van der Waals surface area contributed by atoms with Crippen LogP contribution in [0.2, 0.25) is 0 Å². The molecule has 0 spiro atoms. The molecule has 0 saturated heterocycles. The fourth-order valence-corrected chi connectivity index (χ4v) is 3.43. The lowest BCUT2D eigenvalue weighted by molar-refractivity contribution is -0.120. The predicted octanol–water partition coefficient (Wildman–Crippen LogP) is 4.52. The Morgan fingerprint density at radius 1 is 0.939 bits per heavy atom. The first-order valence-corrected chi connectivity index (χ1v) is 10.1. The molecule has 0 atom stereocenters. The van der Waals surface area contributed by atoms with E-state index in [9.17, 15) is 18.8 Å². The standard InChI is InChI=1S/C24H17ClFN3O4/c1-33-17-6-4-5-16(13-17)28-22(30)14-9-11-15(12-10-14)27-21-20(25)23(31)29(24(21)32)19-8-3-2-7-18(19)26/h2-13,27H,1H3,(H,28,30). The van der Waals surface area contributed by atoms with E-state index in [1.54, 1.807) is 48.5 Å². The number of halogens is 2. The normalized spacial score (nSPS) is 13.4. The van der Waals surface area contributed by atoms with Crippen molar-refractivity contribution in [2.75, 3.05) is 22.6 Å². The molecule has 1 heterocycles. The van der Waals surface area contributed by atoms with Gasteiger partial charge in [-0.15, -0.1) is 0 Å². The zero-order valence-electron chi connectivity index (χ0n) is 17.3. The molecule has 0 unspecified atom stereocenters.